The molecule has 0 saturated heterocycles. The number of aromatic nitrogens is 3. The number of nitrogens with zero attached hydrogens (tertiary/aromatic N) is 4. The van der Waals surface area contributed by atoms with E-state index >= 15 is 0 Å². The molecule has 27 heavy (non-hydrogen) atoms. The molecule has 0 radical (unpaired) electrons. The van der Waals surface area contributed by atoms with Gasteiger partial charge in [-0.15, -0.1) is 47.3 Å². The second-order valence-corrected chi connectivity index (χ2v) is 5.23. The van der Waals surface area contributed by atoms with E-state index in [2.05, 4.69) is 25.2 Å². The van der Waals surface area contributed by atoms with E-state index in [9.17, 15) is 13.2 Å². The third-order valence-corrected chi connectivity index (χ3v) is 3.38. The minimum absolute atomic E-state index is 0. The van der Waals surface area contributed by atoms with E-state index in [1.54, 1.807) is 6.07 Å². The van der Waals surface area contributed by atoms with Crippen LogP contribution in [-0.2, 0) is 6.42 Å². The van der Waals surface area contributed by atoms with Crippen LogP contribution in [0.25, 0.3) is 5.65 Å². The third kappa shape index (κ3) is 5.70. The first-order valence-electron chi connectivity index (χ1n) is 7.63. The van der Waals surface area contributed by atoms with E-state index in [1.165, 1.54) is 18.2 Å². The van der Waals surface area contributed by atoms with E-state index in [0.717, 1.165) is 5.65 Å². The highest BCUT2D eigenvalue weighted by Gasteiger charge is 2.32. The van der Waals surface area contributed by atoms with E-state index in [0.29, 0.717) is 12.2 Å². The molecular weight excluding hydrogens is 476 g/mol. The summed E-state index contributed by atoms with van der Waals surface area (Å²) in [5.74, 6) is 0.289. The zero-order valence-corrected chi connectivity index (χ0v) is 16.2. The van der Waals surface area contributed by atoms with Gasteiger partial charge in [0.05, 0.1) is 5.69 Å². The normalized spacial score (nSPS) is 11.9. The molecule has 2 aromatic heterocycles. The van der Waals surface area contributed by atoms with Gasteiger partial charge >= 0.3 is 6.36 Å². The minimum Gasteiger partial charge on any atom is -0.404 e. The van der Waals surface area contributed by atoms with Crippen LogP contribution in [0.15, 0.2) is 53.7 Å². The molecular formula is C16H16F3IN6O. The number of hydrogen-bond donors (Lipinski definition) is 2. The molecule has 7 nitrogen and oxygen atoms in total. The van der Waals surface area contributed by atoms with Gasteiger partial charge in [-0.05, 0) is 24.3 Å². The zero-order valence-electron chi connectivity index (χ0n) is 13.8. The number of anilines is 1. The summed E-state index contributed by atoms with van der Waals surface area (Å²) >= 11 is 0. The minimum atomic E-state index is -4.79. The van der Waals surface area contributed by atoms with Crippen LogP contribution < -0.4 is 15.8 Å². The van der Waals surface area contributed by atoms with E-state index in [4.69, 9.17) is 5.73 Å². The van der Waals surface area contributed by atoms with Crippen molar-refractivity contribution in [1.29, 1.82) is 0 Å². The maximum Gasteiger partial charge on any atom is 0.573 e. The lowest BCUT2D eigenvalue weighted by Crippen LogP contribution is -2.25. The van der Waals surface area contributed by atoms with Crippen LogP contribution in [0, 0.1) is 0 Å². The molecule has 0 fully saturated rings. The van der Waals surface area contributed by atoms with Gasteiger partial charge in [-0.2, -0.15) is 0 Å². The number of rotatable bonds is 5. The third-order valence-electron chi connectivity index (χ3n) is 3.38. The second kappa shape index (κ2) is 8.88. The van der Waals surface area contributed by atoms with E-state index < -0.39 is 6.36 Å². The summed E-state index contributed by atoms with van der Waals surface area (Å²) in [4.78, 5) is 4.10. The van der Waals surface area contributed by atoms with E-state index in [-0.39, 0.29) is 47.9 Å². The number of fused-ring (bicyclic) bond motifs is 1. The molecule has 144 valence electrons. The molecule has 3 aromatic rings. The Morgan fingerprint density at radius 1 is 1.15 bits per heavy atom. The number of ether oxygens (including phenoxy) is 1. The Hall–Kier alpha value is -2.57. The van der Waals surface area contributed by atoms with Crippen LogP contribution in [0.3, 0.4) is 0 Å². The summed E-state index contributed by atoms with van der Waals surface area (Å²) in [6.07, 6.45) is -2.49. The number of nitrogens with one attached hydrogen (secondary N) is 1. The summed E-state index contributed by atoms with van der Waals surface area (Å²) in [6.45, 7) is 0.289. The van der Waals surface area contributed by atoms with Gasteiger partial charge < -0.3 is 15.8 Å². The van der Waals surface area contributed by atoms with Crippen LogP contribution >= 0.6 is 24.0 Å². The summed E-state index contributed by atoms with van der Waals surface area (Å²) in [5, 5.41) is 10.7. The van der Waals surface area contributed by atoms with Crippen molar-refractivity contribution >= 4 is 41.3 Å². The van der Waals surface area contributed by atoms with Gasteiger partial charge in [0.25, 0.3) is 0 Å². The van der Waals surface area contributed by atoms with Crippen molar-refractivity contribution < 1.29 is 17.9 Å². The fourth-order valence-electron chi connectivity index (χ4n) is 2.30. The molecule has 1 aromatic carbocycles. The fraction of sp³-hybridized carbons (Fsp3) is 0.188. The SMILES string of the molecule is I.NC(=NCCc1nnc2ccccn12)Nc1ccccc1OC(F)(F)F. The van der Waals surface area contributed by atoms with Crippen molar-refractivity contribution in [3.8, 4) is 5.75 Å². The Bertz CT molecular complexity index is 928. The molecule has 3 N–H and O–H groups in total. The number of hydrogen-bond acceptors (Lipinski definition) is 4. The highest BCUT2D eigenvalue weighted by molar-refractivity contribution is 14.0. The second-order valence-electron chi connectivity index (χ2n) is 5.23. The van der Waals surface area contributed by atoms with Crippen molar-refractivity contribution in [2.75, 3.05) is 11.9 Å². The van der Waals surface area contributed by atoms with Gasteiger partial charge in [0.1, 0.15) is 5.82 Å². The Morgan fingerprint density at radius 2 is 1.89 bits per heavy atom. The van der Waals surface area contributed by atoms with Crippen LogP contribution in [0.5, 0.6) is 5.75 Å². The van der Waals surface area contributed by atoms with Crippen LogP contribution in [0.4, 0.5) is 18.9 Å². The Kier molecular flexibility index (Phi) is 6.82. The predicted octanol–water partition coefficient (Wildman–Crippen LogP) is 3.22. The van der Waals surface area contributed by atoms with Crippen LogP contribution in [0.2, 0.25) is 0 Å². The lowest BCUT2D eigenvalue weighted by Gasteiger charge is -2.14. The van der Waals surface area contributed by atoms with Crippen molar-refractivity contribution in [2.24, 2.45) is 10.7 Å². The predicted molar refractivity (Wildman–Crippen MR) is 105 cm³/mol. The Balaban J connectivity index is 0.00000261. The average Bonchev–Trinajstić information content (AvgIpc) is 2.99. The van der Waals surface area contributed by atoms with Gasteiger partial charge in [0.15, 0.2) is 17.4 Å². The van der Waals surface area contributed by atoms with Crippen molar-refractivity contribution in [1.82, 2.24) is 14.6 Å². The van der Waals surface area contributed by atoms with Gasteiger partial charge in [-0.1, -0.05) is 18.2 Å². The van der Waals surface area contributed by atoms with Crippen molar-refractivity contribution in [2.45, 2.75) is 12.8 Å². The number of halogens is 4. The average molecular weight is 492 g/mol. The lowest BCUT2D eigenvalue weighted by atomic mass is 10.3. The number of alkyl halides is 3. The quantitative estimate of drug-likeness (QED) is 0.325. The molecule has 0 spiro atoms. The molecule has 0 atom stereocenters. The molecule has 2 heterocycles. The summed E-state index contributed by atoms with van der Waals surface area (Å²) < 4.78 is 43.0. The van der Waals surface area contributed by atoms with Gasteiger partial charge in [0.2, 0.25) is 0 Å². The zero-order chi connectivity index (χ0) is 18.6. The number of benzene rings is 1. The molecule has 3 rings (SSSR count). The molecule has 0 amide bonds. The highest BCUT2D eigenvalue weighted by Crippen LogP contribution is 2.29. The molecule has 0 aliphatic rings. The van der Waals surface area contributed by atoms with Gasteiger partial charge in [-0.3, -0.25) is 9.39 Å². The fourth-order valence-corrected chi connectivity index (χ4v) is 2.30. The van der Waals surface area contributed by atoms with E-state index in [1.807, 2.05) is 28.8 Å². The van der Waals surface area contributed by atoms with Crippen molar-refractivity contribution in [3.05, 3.63) is 54.5 Å². The largest absolute Gasteiger partial charge is 0.573 e. The summed E-state index contributed by atoms with van der Waals surface area (Å²) in [6, 6.07) is 11.1. The standard InChI is InChI=1S/C16H15F3N6O.HI/c17-16(18,19)26-12-6-2-1-5-11(12)22-15(20)21-9-8-14-24-23-13-7-3-4-10-25(13)14;/h1-7,10H,8-9H2,(H3,20,21,22);1H. The molecule has 0 aliphatic carbocycles. The van der Waals surface area contributed by atoms with Gasteiger partial charge in [-0.25, -0.2) is 0 Å². The first-order chi connectivity index (χ1) is 12.4. The van der Waals surface area contributed by atoms with Crippen LogP contribution in [0.1, 0.15) is 5.82 Å². The molecule has 0 saturated carbocycles. The maximum atomic E-state index is 12.4. The summed E-state index contributed by atoms with van der Waals surface area (Å²) in [7, 11) is 0. The number of pyridine rings is 1. The molecule has 0 unspecified atom stereocenters. The molecule has 0 aliphatic heterocycles. The first-order valence-corrected chi connectivity index (χ1v) is 7.63. The topological polar surface area (TPSA) is 89.8 Å². The summed E-state index contributed by atoms with van der Waals surface area (Å²) in [5.41, 5.74) is 6.54. The maximum absolute atomic E-state index is 12.4. The number of nitrogens with two attached hydrogens (primary N) is 1. The Morgan fingerprint density at radius 3 is 2.67 bits per heavy atom. The van der Waals surface area contributed by atoms with Crippen molar-refractivity contribution in [3.63, 3.8) is 0 Å². The van der Waals surface area contributed by atoms with Gasteiger partial charge in [0, 0.05) is 19.2 Å². The number of aliphatic imine (C=N–C) groups is 1. The molecule has 0 bridgehead atoms. The first kappa shape index (κ1) is 20.7. The lowest BCUT2D eigenvalue weighted by molar-refractivity contribution is -0.274. The number of guanidine groups is 1. The van der Waals surface area contributed by atoms with Crippen LogP contribution in [-0.4, -0.2) is 33.5 Å². The molecule has 11 heteroatoms. The smallest absolute Gasteiger partial charge is 0.404 e. The highest BCUT2D eigenvalue weighted by atomic mass is 127. The monoisotopic (exact) mass is 492 g/mol. The Labute approximate surface area is 169 Å². The number of para-hydroxylation sites is 2.